The minimum atomic E-state index is 0.570. The Balaban J connectivity index is 1.78. The van der Waals surface area contributed by atoms with E-state index in [1.165, 1.54) is 5.56 Å². The lowest BCUT2D eigenvalue weighted by molar-refractivity contribution is 0.328. The molecule has 0 saturated heterocycles. The zero-order valence-electron chi connectivity index (χ0n) is 10.6. The fourth-order valence-corrected chi connectivity index (χ4v) is 1.83. The zero-order valence-corrected chi connectivity index (χ0v) is 10.6. The van der Waals surface area contributed by atoms with Crippen molar-refractivity contribution in [2.75, 3.05) is 19.7 Å². The average Bonchev–Trinajstić information content (AvgIpc) is 2.83. The van der Waals surface area contributed by atoms with Gasteiger partial charge in [-0.15, -0.1) is 0 Å². The standard InChI is InChI=1S/C14H20N2O/c1-11(2)12-3-5-13(6-4-12)17-10-7-14-15-8-9-16-14/h3-6,11H,7-10H2,1-2H3,(H,15,16). The number of nitrogens with zero attached hydrogens (tertiary/aromatic N) is 1. The van der Waals surface area contributed by atoms with Gasteiger partial charge in [0, 0.05) is 13.0 Å². The molecule has 3 heteroatoms. The highest BCUT2D eigenvalue weighted by atomic mass is 16.5. The van der Waals surface area contributed by atoms with Crippen LogP contribution in [0.1, 0.15) is 31.7 Å². The van der Waals surface area contributed by atoms with Crippen molar-refractivity contribution in [1.82, 2.24) is 5.32 Å². The molecule has 0 unspecified atom stereocenters. The van der Waals surface area contributed by atoms with E-state index in [9.17, 15) is 0 Å². The smallest absolute Gasteiger partial charge is 0.119 e. The number of aliphatic imine (C=N–C) groups is 1. The largest absolute Gasteiger partial charge is 0.493 e. The maximum Gasteiger partial charge on any atom is 0.119 e. The first kappa shape index (κ1) is 12.0. The SMILES string of the molecule is CC(C)c1ccc(OCCC2=NCCN2)cc1. The third kappa shape index (κ3) is 3.48. The van der Waals surface area contributed by atoms with Crippen LogP contribution in [0, 0.1) is 0 Å². The van der Waals surface area contributed by atoms with Gasteiger partial charge in [0.25, 0.3) is 0 Å². The van der Waals surface area contributed by atoms with E-state index in [4.69, 9.17) is 4.74 Å². The molecule has 1 heterocycles. The topological polar surface area (TPSA) is 33.6 Å². The summed E-state index contributed by atoms with van der Waals surface area (Å²) in [6, 6.07) is 8.34. The summed E-state index contributed by atoms with van der Waals surface area (Å²) in [6.45, 7) is 6.95. The summed E-state index contributed by atoms with van der Waals surface area (Å²) in [6.07, 6.45) is 0.867. The van der Waals surface area contributed by atoms with Crippen LogP contribution in [0.15, 0.2) is 29.3 Å². The van der Waals surface area contributed by atoms with Crippen molar-refractivity contribution in [3.05, 3.63) is 29.8 Å². The fourth-order valence-electron chi connectivity index (χ4n) is 1.83. The van der Waals surface area contributed by atoms with Gasteiger partial charge in [0.1, 0.15) is 5.75 Å². The van der Waals surface area contributed by atoms with Crippen LogP contribution in [0.2, 0.25) is 0 Å². The number of ether oxygens (including phenoxy) is 1. The number of amidine groups is 1. The van der Waals surface area contributed by atoms with E-state index >= 15 is 0 Å². The predicted molar refractivity (Wildman–Crippen MR) is 70.9 cm³/mol. The Bertz CT molecular complexity index is 382. The maximum absolute atomic E-state index is 5.68. The summed E-state index contributed by atoms with van der Waals surface area (Å²) < 4.78 is 5.68. The highest BCUT2D eigenvalue weighted by molar-refractivity contribution is 5.83. The average molecular weight is 232 g/mol. The van der Waals surface area contributed by atoms with Crippen LogP contribution in [0.25, 0.3) is 0 Å². The molecule has 1 aromatic carbocycles. The van der Waals surface area contributed by atoms with E-state index in [1.54, 1.807) is 0 Å². The van der Waals surface area contributed by atoms with Gasteiger partial charge in [0.2, 0.25) is 0 Å². The van der Waals surface area contributed by atoms with E-state index in [1.807, 2.05) is 12.1 Å². The molecule has 0 aliphatic carbocycles. The summed E-state index contributed by atoms with van der Waals surface area (Å²) in [5.74, 6) is 2.58. The molecular weight excluding hydrogens is 212 g/mol. The first-order valence-electron chi connectivity index (χ1n) is 6.25. The molecule has 1 aliphatic rings. The quantitative estimate of drug-likeness (QED) is 0.846. The van der Waals surface area contributed by atoms with E-state index in [2.05, 4.69) is 36.3 Å². The maximum atomic E-state index is 5.68. The van der Waals surface area contributed by atoms with Crippen LogP contribution in [0.4, 0.5) is 0 Å². The van der Waals surface area contributed by atoms with Gasteiger partial charge in [-0.05, 0) is 23.6 Å². The lowest BCUT2D eigenvalue weighted by Crippen LogP contribution is -2.20. The van der Waals surface area contributed by atoms with E-state index in [0.29, 0.717) is 12.5 Å². The van der Waals surface area contributed by atoms with Gasteiger partial charge in [0.05, 0.1) is 19.0 Å². The molecule has 0 spiro atoms. The molecule has 0 saturated carbocycles. The van der Waals surface area contributed by atoms with E-state index in [-0.39, 0.29) is 0 Å². The second-order valence-electron chi connectivity index (χ2n) is 4.58. The molecule has 1 N–H and O–H groups in total. The Morgan fingerprint density at radius 2 is 2.06 bits per heavy atom. The highest BCUT2D eigenvalue weighted by Gasteiger charge is 2.05. The van der Waals surface area contributed by atoms with Crippen molar-refractivity contribution in [2.45, 2.75) is 26.2 Å². The normalized spacial score (nSPS) is 14.6. The van der Waals surface area contributed by atoms with Crippen molar-refractivity contribution in [3.63, 3.8) is 0 Å². The van der Waals surface area contributed by atoms with Crippen LogP contribution >= 0.6 is 0 Å². The lowest BCUT2D eigenvalue weighted by Gasteiger charge is -2.09. The number of benzene rings is 1. The number of nitrogens with one attached hydrogen (secondary N) is 1. The Hall–Kier alpha value is -1.51. The molecule has 2 rings (SSSR count). The summed E-state index contributed by atoms with van der Waals surface area (Å²) >= 11 is 0. The Labute approximate surface area is 103 Å². The summed E-state index contributed by atoms with van der Waals surface area (Å²) in [5.41, 5.74) is 1.35. The van der Waals surface area contributed by atoms with E-state index in [0.717, 1.165) is 31.1 Å². The van der Waals surface area contributed by atoms with Crippen LogP contribution < -0.4 is 10.1 Å². The first-order chi connectivity index (χ1) is 8.25. The van der Waals surface area contributed by atoms with Gasteiger partial charge in [-0.1, -0.05) is 26.0 Å². The van der Waals surface area contributed by atoms with Crippen molar-refractivity contribution >= 4 is 5.84 Å². The summed E-state index contributed by atoms with van der Waals surface area (Å²) in [7, 11) is 0. The molecule has 3 nitrogen and oxygen atoms in total. The molecule has 1 aliphatic heterocycles. The van der Waals surface area contributed by atoms with Crippen LogP contribution in [-0.4, -0.2) is 25.5 Å². The molecule has 0 atom stereocenters. The molecule has 0 bridgehead atoms. The molecule has 1 aromatic rings. The number of hydrogen-bond donors (Lipinski definition) is 1. The minimum Gasteiger partial charge on any atom is -0.493 e. The number of hydrogen-bond acceptors (Lipinski definition) is 3. The second kappa shape index (κ2) is 5.71. The van der Waals surface area contributed by atoms with Crippen molar-refractivity contribution in [1.29, 1.82) is 0 Å². The predicted octanol–water partition coefficient (Wildman–Crippen LogP) is 2.58. The van der Waals surface area contributed by atoms with Gasteiger partial charge in [-0.2, -0.15) is 0 Å². The Morgan fingerprint density at radius 1 is 1.29 bits per heavy atom. The van der Waals surface area contributed by atoms with Gasteiger partial charge in [-0.25, -0.2) is 0 Å². The molecule has 0 radical (unpaired) electrons. The van der Waals surface area contributed by atoms with Gasteiger partial charge in [-0.3, -0.25) is 4.99 Å². The third-order valence-electron chi connectivity index (χ3n) is 2.90. The molecule has 0 aromatic heterocycles. The first-order valence-corrected chi connectivity index (χ1v) is 6.25. The van der Waals surface area contributed by atoms with Crippen molar-refractivity contribution in [3.8, 4) is 5.75 Å². The van der Waals surface area contributed by atoms with Gasteiger partial charge >= 0.3 is 0 Å². The van der Waals surface area contributed by atoms with Crippen LogP contribution in [-0.2, 0) is 0 Å². The van der Waals surface area contributed by atoms with Gasteiger partial charge < -0.3 is 10.1 Å². The lowest BCUT2D eigenvalue weighted by atomic mass is 10.0. The number of rotatable bonds is 5. The Morgan fingerprint density at radius 3 is 2.65 bits per heavy atom. The van der Waals surface area contributed by atoms with Crippen molar-refractivity contribution in [2.24, 2.45) is 4.99 Å². The van der Waals surface area contributed by atoms with Crippen LogP contribution in [0.5, 0.6) is 5.75 Å². The molecular formula is C14H20N2O. The molecule has 0 fully saturated rings. The molecule has 17 heavy (non-hydrogen) atoms. The van der Waals surface area contributed by atoms with E-state index < -0.39 is 0 Å². The Kier molecular flexibility index (Phi) is 4.02. The molecule has 0 amide bonds. The third-order valence-corrected chi connectivity index (χ3v) is 2.90. The monoisotopic (exact) mass is 232 g/mol. The second-order valence-corrected chi connectivity index (χ2v) is 4.58. The minimum absolute atomic E-state index is 0.570. The van der Waals surface area contributed by atoms with Crippen molar-refractivity contribution < 1.29 is 4.74 Å². The summed E-state index contributed by atoms with van der Waals surface area (Å²) in [5, 5.41) is 3.24. The van der Waals surface area contributed by atoms with Gasteiger partial charge in [0.15, 0.2) is 0 Å². The fraction of sp³-hybridized carbons (Fsp3) is 0.500. The molecule has 92 valence electrons. The summed E-state index contributed by atoms with van der Waals surface area (Å²) in [4.78, 5) is 4.33. The highest BCUT2D eigenvalue weighted by Crippen LogP contribution is 2.18. The van der Waals surface area contributed by atoms with Crippen LogP contribution in [0.3, 0.4) is 0 Å². The zero-order chi connectivity index (χ0) is 12.1.